The molecule has 0 atom stereocenters. The second-order valence-corrected chi connectivity index (χ2v) is 7.56. The lowest BCUT2D eigenvalue weighted by atomic mass is 10.4. The largest absolute Gasteiger partial charge is 0.473 e. The standard InChI is InChI=1S/C15H18BrN3O2S/c1-10(2)21-14-12(5-4-8-17-14)18-15(20)19(3)9-11-6-7-13(16)22-11/h4-8,10H,9H2,1-3H3,(H,18,20). The molecule has 5 nitrogen and oxygen atoms in total. The number of rotatable bonds is 5. The highest BCUT2D eigenvalue weighted by atomic mass is 79.9. The summed E-state index contributed by atoms with van der Waals surface area (Å²) in [5, 5.41) is 2.84. The molecule has 118 valence electrons. The summed E-state index contributed by atoms with van der Waals surface area (Å²) in [6, 6.07) is 7.31. The van der Waals surface area contributed by atoms with Crippen molar-refractivity contribution in [2.24, 2.45) is 0 Å². The van der Waals surface area contributed by atoms with Crippen molar-refractivity contribution in [3.63, 3.8) is 0 Å². The lowest BCUT2D eigenvalue weighted by Crippen LogP contribution is -2.30. The number of thiophene rings is 1. The van der Waals surface area contributed by atoms with E-state index in [0.717, 1.165) is 8.66 Å². The molecule has 2 aromatic heterocycles. The zero-order valence-corrected chi connectivity index (χ0v) is 15.1. The Bertz CT molecular complexity index is 645. The molecule has 2 rings (SSSR count). The highest BCUT2D eigenvalue weighted by Gasteiger charge is 2.14. The maximum Gasteiger partial charge on any atom is 0.322 e. The first-order chi connectivity index (χ1) is 10.5. The molecular formula is C15H18BrN3O2S. The van der Waals surface area contributed by atoms with E-state index in [1.54, 1.807) is 41.6 Å². The van der Waals surface area contributed by atoms with Crippen LogP contribution in [0.1, 0.15) is 18.7 Å². The molecule has 0 aliphatic rings. The number of nitrogens with zero attached hydrogens (tertiary/aromatic N) is 2. The van der Waals surface area contributed by atoms with E-state index in [4.69, 9.17) is 4.74 Å². The molecule has 0 aliphatic carbocycles. The summed E-state index contributed by atoms with van der Waals surface area (Å²) in [5.41, 5.74) is 0.570. The fourth-order valence-electron chi connectivity index (χ4n) is 1.76. The van der Waals surface area contributed by atoms with Crippen LogP contribution in [0.2, 0.25) is 0 Å². The molecule has 2 heterocycles. The van der Waals surface area contributed by atoms with Gasteiger partial charge in [-0.05, 0) is 54.0 Å². The number of urea groups is 1. The van der Waals surface area contributed by atoms with Crippen LogP contribution in [0.5, 0.6) is 5.88 Å². The third-order valence-corrected chi connectivity index (χ3v) is 4.34. The molecule has 22 heavy (non-hydrogen) atoms. The Morgan fingerprint density at radius 2 is 2.23 bits per heavy atom. The molecule has 0 saturated carbocycles. The van der Waals surface area contributed by atoms with E-state index in [-0.39, 0.29) is 12.1 Å². The van der Waals surface area contributed by atoms with Crippen LogP contribution in [0.15, 0.2) is 34.2 Å². The van der Waals surface area contributed by atoms with Crippen LogP contribution in [-0.4, -0.2) is 29.1 Å². The molecule has 0 bridgehead atoms. The minimum atomic E-state index is -0.203. The monoisotopic (exact) mass is 383 g/mol. The molecule has 0 aliphatic heterocycles. The van der Waals surface area contributed by atoms with Gasteiger partial charge in [-0.1, -0.05) is 0 Å². The van der Waals surface area contributed by atoms with Gasteiger partial charge in [-0.15, -0.1) is 11.3 Å². The summed E-state index contributed by atoms with van der Waals surface area (Å²) in [4.78, 5) is 19.2. The lowest BCUT2D eigenvalue weighted by molar-refractivity contribution is 0.219. The van der Waals surface area contributed by atoms with Crippen LogP contribution in [0, 0.1) is 0 Å². The van der Waals surface area contributed by atoms with E-state index in [0.29, 0.717) is 18.1 Å². The van der Waals surface area contributed by atoms with Gasteiger partial charge in [-0.25, -0.2) is 9.78 Å². The Kier molecular flexibility index (Phi) is 5.79. The lowest BCUT2D eigenvalue weighted by Gasteiger charge is -2.19. The van der Waals surface area contributed by atoms with Gasteiger partial charge in [0.1, 0.15) is 5.69 Å². The highest BCUT2D eigenvalue weighted by molar-refractivity contribution is 9.11. The van der Waals surface area contributed by atoms with Crippen molar-refractivity contribution in [3.8, 4) is 5.88 Å². The van der Waals surface area contributed by atoms with Crippen LogP contribution in [0.4, 0.5) is 10.5 Å². The molecular weight excluding hydrogens is 366 g/mol. The SMILES string of the molecule is CC(C)Oc1ncccc1NC(=O)N(C)Cc1ccc(Br)s1. The molecule has 2 amide bonds. The first-order valence-electron chi connectivity index (χ1n) is 6.83. The first kappa shape index (κ1) is 16.8. The van der Waals surface area contributed by atoms with Gasteiger partial charge in [-0.2, -0.15) is 0 Å². The Hall–Kier alpha value is -1.60. The molecule has 0 spiro atoms. The second kappa shape index (κ2) is 7.60. The number of pyridine rings is 1. The van der Waals surface area contributed by atoms with E-state index < -0.39 is 0 Å². The summed E-state index contributed by atoms with van der Waals surface area (Å²) in [5.74, 6) is 0.429. The van der Waals surface area contributed by atoms with Crippen LogP contribution in [0.3, 0.4) is 0 Å². The van der Waals surface area contributed by atoms with Gasteiger partial charge in [0.15, 0.2) is 0 Å². The third-order valence-electron chi connectivity index (χ3n) is 2.73. The van der Waals surface area contributed by atoms with E-state index >= 15 is 0 Å². The average molecular weight is 384 g/mol. The maximum absolute atomic E-state index is 12.3. The van der Waals surface area contributed by atoms with Gasteiger partial charge < -0.3 is 15.0 Å². The zero-order valence-electron chi connectivity index (χ0n) is 12.7. The van der Waals surface area contributed by atoms with E-state index in [1.165, 1.54) is 0 Å². The Labute approximate surface area is 142 Å². The summed E-state index contributed by atoms with van der Waals surface area (Å²) >= 11 is 5.03. The van der Waals surface area contributed by atoms with Gasteiger partial charge in [0.25, 0.3) is 0 Å². The number of nitrogens with one attached hydrogen (secondary N) is 1. The van der Waals surface area contributed by atoms with Crippen LogP contribution < -0.4 is 10.1 Å². The van der Waals surface area contributed by atoms with Gasteiger partial charge >= 0.3 is 6.03 Å². The van der Waals surface area contributed by atoms with Crippen molar-refractivity contribution in [1.29, 1.82) is 0 Å². The summed E-state index contributed by atoms with van der Waals surface area (Å²) in [6.45, 7) is 4.38. The quantitative estimate of drug-likeness (QED) is 0.834. The Morgan fingerprint density at radius 1 is 1.45 bits per heavy atom. The normalized spacial score (nSPS) is 10.6. The summed E-state index contributed by atoms with van der Waals surface area (Å²) in [6.07, 6.45) is 1.63. The van der Waals surface area contributed by atoms with E-state index in [2.05, 4.69) is 26.2 Å². The number of amides is 2. The summed E-state index contributed by atoms with van der Waals surface area (Å²) in [7, 11) is 1.75. The fourth-order valence-corrected chi connectivity index (χ4v) is 3.29. The van der Waals surface area contributed by atoms with E-state index in [9.17, 15) is 4.79 Å². The van der Waals surface area contributed by atoms with Gasteiger partial charge in [0, 0.05) is 18.1 Å². The zero-order chi connectivity index (χ0) is 16.1. The Morgan fingerprint density at radius 3 is 2.86 bits per heavy atom. The Balaban J connectivity index is 2.02. The molecule has 0 radical (unpaired) electrons. The first-order valence-corrected chi connectivity index (χ1v) is 8.44. The number of anilines is 1. The third kappa shape index (κ3) is 4.71. The molecule has 0 fully saturated rings. The number of halogens is 1. The van der Waals surface area contributed by atoms with Gasteiger partial charge in [0.05, 0.1) is 16.4 Å². The van der Waals surface area contributed by atoms with Crippen molar-refractivity contribution < 1.29 is 9.53 Å². The summed E-state index contributed by atoms with van der Waals surface area (Å²) < 4.78 is 6.65. The molecule has 2 aromatic rings. The minimum absolute atomic E-state index is 0.00764. The number of aromatic nitrogens is 1. The van der Waals surface area contributed by atoms with Crippen LogP contribution in [0.25, 0.3) is 0 Å². The van der Waals surface area contributed by atoms with E-state index in [1.807, 2.05) is 26.0 Å². The molecule has 7 heteroatoms. The van der Waals surface area contributed by atoms with Crippen molar-refractivity contribution in [2.45, 2.75) is 26.5 Å². The van der Waals surface area contributed by atoms with Crippen LogP contribution >= 0.6 is 27.3 Å². The number of carbonyl (C=O) groups excluding carboxylic acids is 1. The maximum atomic E-state index is 12.3. The predicted molar refractivity (Wildman–Crippen MR) is 92.5 cm³/mol. The van der Waals surface area contributed by atoms with Gasteiger partial charge in [-0.3, -0.25) is 0 Å². The van der Waals surface area contributed by atoms with Gasteiger partial charge in [0.2, 0.25) is 5.88 Å². The smallest absolute Gasteiger partial charge is 0.322 e. The van der Waals surface area contributed by atoms with Crippen molar-refractivity contribution in [1.82, 2.24) is 9.88 Å². The molecule has 0 aromatic carbocycles. The molecule has 0 saturated heterocycles. The second-order valence-electron chi connectivity index (χ2n) is 5.01. The number of hydrogen-bond acceptors (Lipinski definition) is 4. The predicted octanol–water partition coefficient (Wildman–Crippen LogP) is 4.36. The van der Waals surface area contributed by atoms with Crippen molar-refractivity contribution in [2.75, 3.05) is 12.4 Å². The number of carbonyl (C=O) groups is 1. The molecule has 0 unspecified atom stereocenters. The highest BCUT2D eigenvalue weighted by Crippen LogP contribution is 2.24. The fraction of sp³-hybridized carbons (Fsp3) is 0.333. The number of ether oxygens (including phenoxy) is 1. The minimum Gasteiger partial charge on any atom is -0.473 e. The number of hydrogen-bond donors (Lipinski definition) is 1. The van der Waals surface area contributed by atoms with Crippen molar-refractivity contribution in [3.05, 3.63) is 39.1 Å². The average Bonchev–Trinajstić information content (AvgIpc) is 2.85. The van der Waals surface area contributed by atoms with Crippen molar-refractivity contribution >= 4 is 39.0 Å². The topological polar surface area (TPSA) is 54.5 Å². The van der Waals surface area contributed by atoms with Crippen LogP contribution in [-0.2, 0) is 6.54 Å². The molecule has 1 N–H and O–H groups in total.